The minimum absolute atomic E-state index is 0.107. The molecule has 2 aromatic carbocycles. The average Bonchev–Trinajstić information content (AvgIpc) is 3.28. The second-order valence-electron chi connectivity index (χ2n) is 7.12. The number of carbonyl (C=O) groups excluding carboxylic acids is 2. The van der Waals surface area contributed by atoms with Crippen LogP contribution in [-0.2, 0) is 9.47 Å². The lowest BCUT2D eigenvalue weighted by Gasteiger charge is -2.34. The molecule has 0 bridgehead atoms. The van der Waals surface area contributed by atoms with Gasteiger partial charge in [0.25, 0.3) is 5.91 Å². The molecule has 2 saturated heterocycles. The van der Waals surface area contributed by atoms with Gasteiger partial charge in [0.05, 0.1) is 18.8 Å². The van der Waals surface area contributed by atoms with E-state index < -0.39 is 0 Å². The first-order valence-electron chi connectivity index (χ1n) is 9.55. The van der Waals surface area contributed by atoms with Crippen molar-refractivity contribution >= 4 is 23.3 Å². The maximum absolute atomic E-state index is 13.1. The Bertz CT molecular complexity index is 853. The summed E-state index contributed by atoms with van der Waals surface area (Å²) in [6.07, 6.45) is 1.53. The van der Waals surface area contributed by atoms with Gasteiger partial charge in [0.15, 0.2) is 12.1 Å². The Hall–Kier alpha value is -2.21. The number of rotatable bonds is 4. The zero-order valence-corrected chi connectivity index (χ0v) is 16.2. The van der Waals surface area contributed by atoms with Crippen molar-refractivity contribution in [2.24, 2.45) is 5.92 Å². The number of hydrogen-bond donors (Lipinski definition) is 0. The summed E-state index contributed by atoms with van der Waals surface area (Å²) in [5, 5.41) is 0.569. The first kappa shape index (κ1) is 19.1. The molecule has 0 spiro atoms. The van der Waals surface area contributed by atoms with Gasteiger partial charge in [-0.05, 0) is 43.2 Å². The predicted molar refractivity (Wildman–Crippen MR) is 106 cm³/mol. The molecule has 28 heavy (non-hydrogen) atoms. The molecule has 0 aromatic heterocycles. The third kappa shape index (κ3) is 3.97. The van der Waals surface area contributed by atoms with Gasteiger partial charge in [-0.15, -0.1) is 0 Å². The lowest BCUT2D eigenvalue weighted by atomic mass is 9.94. The van der Waals surface area contributed by atoms with Crippen LogP contribution in [0.4, 0.5) is 0 Å². The highest BCUT2D eigenvalue weighted by Crippen LogP contribution is 2.27. The zero-order chi connectivity index (χ0) is 19.5. The average molecular weight is 400 g/mol. The van der Waals surface area contributed by atoms with Crippen molar-refractivity contribution in [2.75, 3.05) is 26.3 Å². The lowest BCUT2D eigenvalue weighted by Crippen LogP contribution is -2.41. The third-order valence-electron chi connectivity index (χ3n) is 5.37. The number of nitrogens with zero attached hydrogens (tertiary/aromatic N) is 1. The van der Waals surface area contributed by atoms with E-state index in [0.29, 0.717) is 53.9 Å². The van der Waals surface area contributed by atoms with Crippen LogP contribution in [0.15, 0.2) is 48.5 Å². The fourth-order valence-corrected chi connectivity index (χ4v) is 3.94. The Balaban J connectivity index is 1.49. The molecule has 1 amide bonds. The zero-order valence-electron chi connectivity index (χ0n) is 15.5. The monoisotopic (exact) mass is 399 g/mol. The molecule has 2 fully saturated rings. The summed E-state index contributed by atoms with van der Waals surface area (Å²) < 4.78 is 11.2. The molecule has 0 aliphatic carbocycles. The number of carbonyl (C=O) groups is 2. The Morgan fingerprint density at radius 1 is 0.893 bits per heavy atom. The molecule has 0 N–H and O–H groups in total. The predicted octanol–water partition coefficient (Wildman–Crippen LogP) is 3.80. The summed E-state index contributed by atoms with van der Waals surface area (Å²) in [4.78, 5) is 27.9. The number of amides is 1. The Morgan fingerprint density at radius 2 is 1.50 bits per heavy atom. The number of ether oxygens (including phenoxy) is 2. The molecule has 5 nitrogen and oxygen atoms in total. The molecule has 4 rings (SSSR count). The van der Waals surface area contributed by atoms with E-state index in [9.17, 15) is 9.59 Å². The molecule has 6 heteroatoms. The van der Waals surface area contributed by atoms with Gasteiger partial charge in [-0.25, -0.2) is 0 Å². The summed E-state index contributed by atoms with van der Waals surface area (Å²) >= 11 is 5.91. The van der Waals surface area contributed by atoms with Gasteiger partial charge in [-0.3, -0.25) is 9.59 Å². The standard InChI is InChI=1S/C22H22ClNO4/c23-17-7-5-15(6-8-17)20(25)18-3-1-2-4-19(18)21(26)24-11-9-16(10-12-24)22-27-13-14-28-22/h1-8,16,22H,9-14H2. The van der Waals surface area contributed by atoms with Crippen LogP contribution in [0.1, 0.15) is 39.1 Å². The molecular formula is C22H22ClNO4. The highest BCUT2D eigenvalue weighted by Gasteiger charge is 2.32. The summed E-state index contributed by atoms with van der Waals surface area (Å²) in [6, 6.07) is 13.7. The van der Waals surface area contributed by atoms with Gasteiger partial charge in [0, 0.05) is 35.2 Å². The van der Waals surface area contributed by atoms with E-state index in [1.807, 2.05) is 4.90 Å². The molecular weight excluding hydrogens is 378 g/mol. The molecule has 0 atom stereocenters. The van der Waals surface area contributed by atoms with Gasteiger partial charge >= 0.3 is 0 Å². The second kappa shape index (κ2) is 8.43. The van der Waals surface area contributed by atoms with Crippen LogP contribution in [0.3, 0.4) is 0 Å². The van der Waals surface area contributed by atoms with E-state index in [0.717, 1.165) is 12.8 Å². The van der Waals surface area contributed by atoms with E-state index in [4.69, 9.17) is 21.1 Å². The molecule has 2 heterocycles. The molecule has 0 unspecified atom stereocenters. The maximum Gasteiger partial charge on any atom is 0.254 e. The van der Waals surface area contributed by atoms with Crippen LogP contribution in [0.25, 0.3) is 0 Å². The molecule has 2 aliphatic rings. The minimum Gasteiger partial charge on any atom is -0.350 e. The van der Waals surface area contributed by atoms with E-state index in [2.05, 4.69) is 0 Å². The van der Waals surface area contributed by atoms with Crippen LogP contribution >= 0.6 is 11.6 Å². The number of likely N-dealkylation sites (tertiary alicyclic amines) is 1. The van der Waals surface area contributed by atoms with E-state index in [1.165, 1.54) is 0 Å². The second-order valence-corrected chi connectivity index (χ2v) is 7.56. The number of piperidine rings is 1. The van der Waals surface area contributed by atoms with Crippen molar-refractivity contribution < 1.29 is 19.1 Å². The lowest BCUT2D eigenvalue weighted by molar-refractivity contribution is -0.0956. The van der Waals surface area contributed by atoms with Crippen molar-refractivity contribution in [3.63, 3.8) is 0 Å². The summed E-state index contributed by atoms with van der Waals surface area (Å²) in [5.74, 6) is 0.0328. The normalized spacial score (nSPS) is 18.4. The summed E-state index contributed by atoms with van der Waals surface area (Å²) in [6.45, 7) is 2.56. The van der Waals surface area contributed by atoms with E-state index in [1.54, 1.807) is 48.5 Å². The van der Waals surface area contributed by atoms with Crippen molar-refractivity contribution in [3.8, 4) is 0 Å². The Labute approximate surface area is 169 Å². The van der Waals surface area contributed by atoms with Gasteiger partial charge < -0.3 is 14.4 Å². The van der Waals surface area contributed by atoms with Crippen LogP contribution < -0.4 is 0 Å². The van der Waals surface area contributed by atoms with Crippen molar-refractivity contribution in [2.45, 2.75) is 19.1 Å². The molecule has 2 aliphatic heterocycles. The summed E-state index contributed by atoms with van der Waals surface area (Å²) in [5.41, 5.74) is 1.37. The van der Waals surface area contributed by atoms with E-state index in [-0.39, 0.29) is 18.0 Å². The highest BCUT2D eigenvalue weighted by atomic mass is 35.5. The number of ketones is 1. The molecule has 146 valence electrons. The van der Waals surface area contributed by atoms with Crippen LogP contribution in [0.2, 0.25) is 5.02 Å². The van der Waals surface area contributed by atoms with Crippen molar-refractivity contribution in [3.05, 3.63) is 70.2 Å². The first-order valence-corrected chi connectivity index (χ1v) is 9.93. The topological polar surface area (TPSA) is 55.8 Å². The number of hydrogen-bond acceptors (Lipinski definition) is 4. The Kier molecular flexibility index (Phi) is 5.76. The molecule has 2 aromatic rings. The smallest absolute Gasteiger partial charge is 0.254 e. The number of halogens is 1. The molecule has 0 radical (unpaired) electrons. The van der Waals surface area contributed by atoms with Crippen molar-refractivity contribution in [1.29, 1.82) is 0 Å². The summed E-state index contributed by atoms with van der Waals surface area (Å²) in [7, 11) is 0. The maximum atomic E-state index is 13.1. The number of benzene rings is 2. The van der Waals surface area contributed by atoms with E-state index >= 15 is 0 Å². The Morgan fingerprint density at radius 3 is 2.14 bits per heavy atom. The van der Waals surface area contributed by atoms with Crippen LogP contribution in [0, 0.1) is 5.92 Å². The minimum atomic E-state index is -0.178. The largest absolute Gasteiger partial charge is 0.350 e. The SMILES string of the molecule is O=C(c1ccc(Cl)cc1)c1ccccc1C(=O)N1CCC(C2OCCO2)CC1. The fourth-order valence-electron chi connectivity index (χ4n) is 3.82. The van der Waals surface area contributed by atoms with Gasteiger partial charge in [-0.2, -0.15) is 0 Å². The first-order chi connectivity index (χ1) is 13.6. The fraction of sp³-hybridized carbons (Fsp3) is 0.364. The molecule has 0 saturated carbocycles. The van der Waals surface area contributed by atoms with Crippen molar-refractivity contribution in [1.82, 2.24) is 4.90 Å². The highest BCUT2D eigenvalue weighted by molar-refractivity contribution is 6.30. The van der Waals surface area contributed by atoms with Crippen LogP contribution in [-0.4, -0.2) is 49.2 Å². The van der Waals surface area contributed by atoms with Crippen LogP contribution in [0.5, 0.6) is 0 Å². The van der Waals surface area contributed by atoms with Gasteiger partial charge in [0.1, 0.15) is 0 Å². The quantitative estimate of drug-likeness (QED) is 0.734. The van der Waals surface area contributed by atoms with Gasteiger partial charge in [-0.1, -0.05) is 29.8 Å². The van der Waals surface area contributed by atoms with Gasteiger partial charge in [0.2, 0.25) is 0 Å². The third-order valence-corrected chi connectivity index (χ3v) is 5.62.